The molecule has 1 aliphatic rings. The zero-order valence-corrected chi connectivity index (χ0v) is 15.3. The van der Waals surface area contributed by atoms with Crippen LogP contribution in [0.1, 0.15) is 24.8 Å². The van der Waals surface area contributed by atoms with Gasteiger partial charge in [0.1, 0.15) is 12.4 Å². The Balaban J connectivity index is 1.67. The minimum Gasteiger partial charge on any atom is -0.327 e. The van der Waals surface area contributed by atoms with Crippen LogP contribution in [0.2, 0.25) is 0 Å². The summed E-state index contributed by atoms with van der Waals surface area (Å²) in [6.45, 7) is 2.61. The molecule has 1 aromatic heterocycles. The van der Waals surface area contributed by atoms with Gasteiger partial charge in [0.05, 0.1) is 6.33 Å². The number of aryl methyl sites for hydroxylation is 1. The van der Waals surface area contributed by atoms with Gasteiger partial charge in [-0.3, -0.25) is 4.79 Å². The molecule has 0 spiro atoms. The summed E-state index contributed by atoms with van der Waals surface area (Å²) in [4.78, 5) is 16.1. The maximum atomic E-state index is 13.1. The molecular formula is C17H21FN4O3S. The number of nitrogens with zero attached hydrogens (tertiary/aromatic N) is 3. The Hall–Kier alpha value is -2.26. The third-order valence-electron chi connectivity index (χ3n) is 4.32. The summed E-state index contributed by atoms with van der Waals surface area (Å²) in [6, 6.07) is 4.09. The lowest BCUT2D eigenvalue weighted by Gasteiger charge is -2.24. The lowest BCUT2D eigenvalue weighted by atomic mass is 10.2. The second kappa shape index (κ2) is 7.55. The van der Waals surface area contributed by atoms with Crippen molar-refractivity contribution < 1.29 is 17.6 Å². The van der Waals surface area contributed by atoms with E-state index < -0.39 is 10.0 Å². The second-order valence-electron chi connectivity index (χ2n) is 6.36. The summed E-state index contributed by atoms with van der Waals surface area (Å²) >= 11 is 0. The van der Waals surface area contributed by atoms with Crippen LogP contribution in [0.4, 0.5) is 10.1 Å². The van der Waals surface area contributed by atoms with Crippen molar-refractivity contribution in [1.82, 2.24) is 13.9 Å². The van der Waals surface area contributed by atoms with E-state index in [9.17, 15) is 17.6 Å². The third-order valence-corrected chi connectivity index (χ3v) is 6.10. The van der Waals surface area contributed by atoms with E-state index in [1.165, 1.54) is 39.6 Å². The number of imidazole rings is 1. The maximum absolute atomic E-state index is 13.1. The average molecular weight is 380 g/mol. The Labute approximate surface area is 151 Å². The van der Waals surface area contributed by atoms with Crippen LogP contribution < -0.4 is 5.32 Å². The van der Waals surface area contributed by atoms with Gasteiger partial charge in [-0.2, -0.15) is 4.31 Å². The topological polar surface area (TPSA) is 84.3 Å². The van der Waals surface area contributed by atoms with Crippen LogP contribution in [0.15, 0.2) is 35.7 Å². The van der Waals surface area contributed by atoms with E-state index in [2.05, 4.69) is 10.3 Å². The van der Waals surface area contributed by atoms with Crippen molar-refractivity contribution in [3.05, 3.63) is 42.1 Å². The molecule has 0 aliphatic carbocycles. The number of benzene rings is 1. The number of rotatable bonds is 5. The zero-order valence-electron chi connectivity index (χ0n) is 14.5. The molecule has 3 rings (SSSR count). The summed E-state index contributed by atoms with van der Waals surface area (Å²) in [7, 11) is -3.62. The summed E-state index contributed by atoms with van der Waals surface area (Å²) in [5.74, 6) is -0.721. The van der Waals surface area contributed by atoms with Crippen molar-refractivity contribution in [2.75, 3.05) is 18.4 Å². The number of piperidine rings is 1. The van der Waals surface area contributed by atoms with E-state index in [1.807, 2.05) is 0 Å². The number of amides is 1. The standard InChI is InChI=1S/C17H21FN4O3S/c1-13-9-14(18)5-6-15(13)20-16(23)10-21-11-17(19-12-21)26(24,25)22-7-3-2-4-8-22/h5-6,9,11-12H,2-4,7-8,10H2,1H3,(H,20,23). The molecule has 26 heavy (non-hydrogen) atoms. The van der Waals surface area contributed by atoms with Gasteiger partial charge in [-0.25, -0.2) is 17.8 Å². The predicted molar refractivity (Wildman–Crippen MR) is 94.6 cm³/mol. The van der Waals surface area contributed by atoms with E-state index in [0.29, 0.717) is 24.3 Å². The molecule has 0 atom stereocenters. The second-order valence-corrected chi connectivity index (χ2v) is 8.24. The highest BCUT2D eigenvalue weighted by molar-refractivity contribution is 7.89. The molecule has 2 heterocycles. The maximum Gasteiger partial charge on any atom is 0.262 e. The highest BCUT2D eigenvalue weighted by atomic mass is 32.2. The Morgan fingerprint density at radius 1 is 1.27 bits per heavy atom. The Kier molecular flexibility index (Phi) is 5.38. The van der Waals surface area contributed by atoms with Crippen molar-refractivity contribution in [2.45, 2.75) is 37.8 Å². The monoisotopic (exact) mass is 380 g/mol. The van der Waals surface area contributed by atoms with Gasteiger partial charge >= 0.3 is 0 Å². The molecule has 1 saturated heterocycles. The Morgan fingerprint density at radius 3 is 2.69 bits per heavy atom. The predicted octanol–water partition coefficient (Wildman–Crippen LogP) is 2.14. The molecule has 0 radical (unpaired) electrons. The number of anilines is 1. The largest absolute Gasteiger partial charge is 0.327 e. The molecule has 1 aliphatic heterocycles. The number of hydrogen-bond donors (Lipinski definition) is 1. The normalized spacial score (nSPS) is 15.8. The van der Waals surface area contributed by atoms with Crippen molar-refractivity contribution >= 4 is 21.6 Å². The van der Waals surface area contributed by atoms with E-state index in [-0.39, 0.29) is 23.3 Å². The lowest BCUT2D eigenvalue weighted by Crippen LogP contribution is -2.35. The Bertz CT molecular complexity index is 904. The fourth-order valence-electron chi connectivity index (χ4n) is 2.92. The molecule has 0 saturated carbocycles. The zero-order chi connectivity index (χ0) is 18.7. The molecule has 0 unspecified atom stereocenters. The van der Waals surface area contributed by atoms with Crippen LogP contribution in [-0.4, -0.2) is 41.3 Å². The molecule has 9 heteroatoms. The number of sulfonamides is 1. The molecule has 7 nitrogen and oxygen atoms in total. The first kappa shape index (κ1) is 18.5. The molecule has 1 amide bonds. The number of carbonyl (C=O) groups excluding carboxylic acids is 1. The van der Waals surface area contributed by atoms with Gasteiger partial charge in [0, 0.05) is 25.0 Å². The van der Waals surface area contributed by atoms with Crippen LogP contribution in [0.3, 0.4) is 0 Å². The van der Waals surface area contributed by atoms with Gasteiger partial charge in [0.2, 0.25) is 5.91 Å². The third kappa shape index (κ3) is 4.10. The number of hydrogen-bond acceptors (Lipinski definition) is 4. The summed E-state index contributed by atoms with van der Waals surface area (Å²) in [6.07, 6.45) is 5.41. The molecule has 2 aromatic rings. The molecule has 1 aromatic carbocycles. The Morgan fingerprint density at radius 2 is 2.00 bits per heavy atom. The number of carbonyl (C=O) groups is 1. The van der Waals surface area contributed by atoms with Crippen molar-refractivity contribution in [2.24, 2.45) is 0 Å². The van der Waals surface area contributed by atoms with Crippen LogP contribution >= 0.6 is 0 Å². The van der Waals surface area contributed by atoms with Crippen LogP contribution in [-0.2, 0) is 21.4 Å². The SMILES string of the molecule is Cc1cc(F)ccc1NC(=O)Cn1cnc(S(=O)(=O)N2CCCCC2)c1. The van der Waals surface area contributed by atoms with Crippen molar-refractivity contribution in [1.29, 1.82) is 0 Å². The summed E-state index contributed by atoms with van der Waals surface area (Å²) in [5.41, 5.74) is 1.12. The van der Waals surface area contributed by atoms with Crippen molar-refractivity contribution in [3.8, 4) is 0 Å². The smallest absolute Gasteiger partial charge is 0.262 e. The van der Waals surface area contributed by atoms with E-state index in [1.54, 1.807) is 6.92 Å². The minimum atomic E-state index is -3.62. The van der Waals surface area contributed by atoms with Crippen LogP contribution in [0, 0.1) is 12.7 Å². The fourth-order valence-corrected chi connectivity index (χ4v) is 4.37. The van der Waals surface area contributed by atoms with Crippen molar-refractivity contribution in [3.63, 3.8) is 0 Å². The minimum absolute atomic E-state index is 0.0508. The van der Waals surface area contributed by atoms with E-state index in [4.69, 9.17) is 0 Å². The molecule has 140 valence electrons. The molecular weight excluding hydrogens is 359 g/mol. The first-order valence-electron chi connectivity index (χ1n) is 8.44. The lowest BCUT2D eigenvalue weighted by molar-refractivity contribution is -0.116. The number of halogens is 1. The number of aromatic nitrogens is 2. The highest BCUT2D eigenvalue weighted by Gasteiger charge is 2.28. The van der Waals surface area contributed by atoms with Gasteiger partial charge < -0.3 is 9.88 Å². The fraction of sp³-hybridized carbons (Fsp3) is 0.412. The first-order chi connectivity index (χ1) is 12.4. The molecule has 1 N–H and O–H groups in total. The number of nitrogens with one attached hydrogen (secondary N) is 1. The summed E-state index contributed by atoms with van der Waals surface area (Å²) < 4.78 is 41.1. The highest BCUT2D eigenvalue weighted by Crippen LogP contribution is 2.19. The molecule has 0 bridgehead atoms. The van der Waals surface area contributed by atoms with Gasteiger partial charge in [-0.1, -0.05) is 6.42 Å². The van der Waals surface area contributed by atoms with Crippen LogP contribution in [0.25, 0.3) is 0 Å². The summed E-state index contributed by atoms with van der Waals surface area (Å²) in [5, 5.41) is 2.63. The van der Waals surface area contributed by atoms with Crippen LogP contribution in [0.5, 0.6) is 0 Å². The van der Waals surface area contributed by atoms with E-state index in [0.717, 1.165) is 19.3 Å². The first-order valence-corrected chi connectivity index (χ1v) is 9.88. The van der Waals surface area contributed by atoms with Gasteiger partial charge in [0.15, 0.2) is 5.03 Å². The quantitative estimate of drug-likeness (QED) is 0.861. The van der Waals surface area contributed by atoms with E-state index >= 15 is 0 Å². The van der Waals surface area contributed by atoms with Gasteiger partial charge in [-0.05, 0) is 43.5 Å². The van der Waals surface area contributed by atoms with Gasteiger partial charge in [0.25, 0.3) is 10.0 Å². The average Bonchev–Trinajstić information content (AvgIpc) is 3.07. The molecule has 1 fully saturated rings. The van der Waals surface area contributed by atoms with Gasteiger partial charge in [-0.15, -0.1) is 0 Å².